The van der Waals surface area contributed by atoms with Gasteiger partial charge in [0.2, 0.25) is 5.54 Å². The zero-order valence-electron chi connectivity index (χ0n) is 19.3. The van der Waals surface area contributed by atoms with Crippen LogP contribution in [0.15, 0.2) is 53.5 Å². The maximum atomic E-state index is 13.4. The summed E-state index contributed by atoms with van der Waals surface area (Å²) in [5.74, 6) is -0.533. The summed E-state index contributed by atoms with van der Waals surface area (Å²) in [4.78, 5) is 31.4. The molecular formula is C24H28N2O7. The highest BCUT2D eigenvalue weighted by Gasteiger charge is 2.65. The first-order chi connectivity index (χ1) is 15.9. The number of cyclic esters (lactones) is 1. The molecule has 1 aliphatic heterocycles. The number of ether oxygens (including phenoxy) is 5. The van der Waals surface area contributed by atoms with Crippen molar-refractivity contribution in [3.8, 4) is 11.5 Å². The van der Waals surface area contributed by atoms with Gasteiger partial charge in [0.25, 0.3) is 5.72 Å². The molecule has 33 heavy (non-hydrogen) atoms. The van der Waals surface area contributed by atoms with E-state index in [2.05, 4.69) is 5.32 Å². The predicted octanol–water partition coefficient (Wildman–Crippen LogP) is 2.07. The number of nitrogens with zero attached hydrogens (tertiary/aromatic N) is 1. The molecule has 3 rings (SSSR count). The van der Waals surface area contributed by atoms with E-state index in [4.69, 9.17) is 28.7 Å². The number of carbonyl (C=O) groups excluding carboxylic acids is 2. The van der Waals surface area contributed by atoms with Crippen LogP contribution in [0.25, 0.3) is 0 Å². The van der Waals surface area contributed by atoms with Crippen molar-refractivity contribution < 1.29 is 33.3 Å². The first-order valence-electron chi connectivity index (χ1n) is 10.4. The van der Waals surface area contributed by atoms with Gasteiger partial charge in [-0.2, -0.15) is 0 Å². The maximum absolute atomic E-state index is 13.4. The quantitative estimate of drug-likeness (QED) is 0.542. The smallest absolute Gasteiger partial charge is 0.359 e. The Morgan fingerprint density at radius 1 is 1.09 bits per heavy atom. The number of hydrogen-bond donors (Lipinski definition) is 1. The summed E-state index contributed by atoms with van der Waals surface area (Å²) >= 11 is 0. The van der Waals surface area contributed by atoms with E-state index in [-0.39, 0.29) is 18.9 Å². The van der Waals surface area contributed by atoms with E-state index in [0.29, 0.717) is 22.6 Å². The van der Waals surface area contributed by atoms with Crippen molar-refractivity contribution in [2.75, 3.05) is 41.6 Å². The standard InChI is InChI=1S/C24H28N2O7/c1-6-32-22(28)23(25-2,15-29-3)24(17-12-18(30-4)14-19(13-17)31-5)26-20(21(27)33-24)16-10-8-7-9-11-16/h7-14,25H,6,15H2,1-5H3/t23-,24+/m1/s1. The van der Waals surface area contributed by atoms with Crippen LogP contribution in [0.2, 0.25) is 0 Å². The predicted molar refractivity (Wildman–Crippen MR) is 121 cm³/mol. The molecule has 0 amide bonds. The molecule has 0 aromatic heterocycles. The summed E-state index contributed by atoms with van der Waals surface area (Å²) in [6, 6.07) is 13.8. The first kappa shape index (κ1) is 24.2. The summed E-state index contributed by atoms with van der Waals surface area (Å²) in [5.41, 5.74) is -2.64. The van der Waals surface area contributed by atoms with Crippen molar-refractivity contribution in [3.63, 3.8) is 0 Å². The molecule has 0 aliphatic carbocycles. The normalized spacial score (nSPS) is 19.3. The molecule has 176 valence electrons. The average molecular weight is 456 g/mol. The number of carbonyl (C=O) groups is 2. The number of hydrogen-bond acceptors (Lipinski definition) is 9. The molecule has 0 spiro atoms. The van der Waals surface area contributed by atoms with Gasteiger partial charge < -0.3 is 23.7 Å². The fraction of sp³-hybridized carbons (Fsp3) is 0.375. The van der Waals surface area contributed by atoms with Crippen molar-refractivity contribution in [3.05, 3.63) is 59.7 Å². The van der Waals surface area contributed by atoms with Crippen molar-refractivity contribution >= 4 is 17.7 Å². The van der Waals surface area contributed by atoms with Crippen LogP contribution >= 0.6 is 0 Å². The number of likely N-dealkylation sites (N-methyl/N-ethyl adjacent to an activating group) is 1. The van der Waals surface area contributed by atoms with Crippen LogP contribution < -0.4 is 14.8 Å². The molecule has 0 saturated heterocycles. The van der Waals surface area contributed by atoms with E-state index in [0.717, 1.165) is 0 Å². The van der Waals surface area contributed by atoms with Gasteiger partial charge in [-0.15, -0.1) is 0 Å². The van der Waals surface area contributed by atoms with Gasteiger partial charge >= 0.3 is 11.9 Å². The zero-order chi connectivity index (χ0) is 24.1. The van der Waals surface area contributed by atoms with Crippen LogP contribution in [-0.4, -0.2) is 64.8 Å². The lowest BCUT2D eigenvalue weighted by Crippen LogP contribution is -2.67. The monoisotopic (exact) mass is 456 g/mol. The van der Waals surface area contributed by atoms with Gasteiger partial charge in [0.15, 0.2) is 5.71 Å². The molecule has 1 N–H and O–H groups in total. The fourth-order valence-corrected chi connectivity index (χ4v) is 3.85. The van der Waals surface area contributed by atoms with E-state index >= 15 is 0 Å². The van der Waals surface area contributed by atoms with Crippen molar-refractivity contribution in [1.29, 1.82) is 0 Å². The molecular weight excluding hydrogens is 428 g/mol. The van der Waals surface area contributed by atoms with Gasteiger partial charge in [0.1, 0.15) is 11.5 Å². The topological polar surface area (TPSA) is 105 Å². The third kappa shape index (κ3) is 4.17. The minimum absolute atomic E-state index is 0.0670. The Hall–Kier alpha value is -3.43. The molecule has 9 heteroatoms. The van der Waals surface area contributed by atoms with Crippen LogP contribution in [0.3, 0.4) is 0 Å². The number of aliphatic imine (C=N–C) groups is 1. The Morgan fingerprint density at radius 3 is 2.24 bits per heavy atom. The fourth-order valence-electron chi connectivity index (χ4n) is 3.85. The van der Waals surface area contributed by atoms with E-state index in [1.165, 1.54) is 21.3 Å². The van der Waals surface area contributed by atoms with Gasteiger partial charge in [-0.1, -0.05) is 30.3 Å². The third-order valence-corrected chi connectivity index (χ3v) is 5.48. The number of methoxy groups -OCH3 is 3. The van der Waals surface area contributed by atoms with Gasteiger partial charge in [-0.3, -0.25) is 5.32 Å². The lowest BCUT2D eigenvalue weighted by atomic mass is 9.81. The van der Waals surface area contributed by atoms with Crippen LogP contribution in [0.5, 0.6) is 11.5 Å². The van der Waals surface area contributed by atoms with Gasteiger partial charge in [-0.05, 0) is 26.1 Å². The van der Waals surface area contributed by atoms with Crippen LogP contribution in [0, 0.1) is 0 Å². The first-order valence-corrected chi connectivity index (χ1v) is 10.4. The molecule has 9 nitrogen and oxygen atoms in total. The Morgan fingerprint density at radius 2 is 1.73 bits per heavy atom. The third-order valence-electron chi connectivity index (χ3n) is 5.48. The maximum Gasteiger partial charge on any atom is 0.359 e. The number of esters is 2. The summed E-state index contributed by atoms with van der Waals surface area (Å²) in [6.45, 7) is 1.58. The minimum Gasteiger partial charge on any atom is -0.497 e. The molecule has 0 bridgehead atoms. The Labute approximate surface area is 192 Å². The molecule has 2 aromatic carbocycles. The highest BCUT2D eigenvalue weighted by molar-refractivity contribution is 6.44. The molecule has 0 fully saturated rings. The summed E-state index contributed by atoms with van der Waals surface area (Å²) < 4.78 is 27.6. The molecule has 0 saturated carbocycles. The zero-order valence-corrected chi connectivity index (χ0v) is 19.3. The number of rotatable bonds is 10. The van der Waals surface area contributed by atoms with E-state index in [1.807, 2.05) is 6.07 Å². The second-order valence-electron chi connectivity index (χ2n) is 7.27. The summed E-state index contributed by atoms with van der Waals surface area (Å²) in [7, 11) is 5.98. The van der Waals surface area contributed by atoms with E-state index in [9.17, 15) is 9.59 Å². The molecule has 1 aliphatic rings. The highest BCUT2D eigenvalue weighted by atomic mass is 16.6. The molecule has 1 heterocycles. The second kappa shape index (κ2) is 10.0. The Kier molecular flexibility index (Phi) is 7.35. The summed E-state index contributed by atoms with van der Waals surface area (Å²) in [6.07, 6.45) is 0. The van der Waals surface area contributed by atoms with Crippen molar-refractivity contribution in [2.45, 2.75) is 18.2 Å². The Balaban J connectivity index is 2.38. The Bertz CT molecular complexity index is 1020. The largest absolute Gasteiger partial charge is 0.497 e. The van der Waals surface area contributed by atoms with Crippen LogP contribution in [0.4, 0.5) is 0 Å². The second-order valence-corrected chi connectivity index (χ2v) is 7.27. The molecule has 0 unspecified atom stereocenters. The number of nitrogens with one attached hydrogen (secondary N) is 1. The van der Waals surface area contributed by atoms with Gasteiger partial charge in [-0.25, -0.2) is 14.6 Å². The van der Waals surface area contributed by atoms with E-state index < -0.39 is 23.2 Å². The SMILES string of the molecule is CCOC(=O)[C@@](COC)(NC)[C@@]1(c2cc(OC)cc(OC)c2)N=C(c2ccccc2)C(=O)O1. The lowest BCUT2D eigenvalue weighted by molar-refractivity contribution is -0.181. The molecule has 2 atom stereocenters. The average Bonchev–Trinajstić information content (AvgIpc) is 3.21. The highest BCUT2D eigenvalue weighted by Crippen LogP contribution is 2.46. The lowest BCUT2D eigenvalue weighted by Gasteiger charge is -2.42. The van der Waals surface area contributed by atoms with Crippen LogP contribution in [-0.2, 0) is 29.5 Å². The minimum atomic E-state index is -1.88. The van der Waals surface area contributed by atoms with Crippen LogP contribution in [0.1, 0.15) is 18.1 Å². The van der Waals surface area contributed by atoms with Gasteiger partial charge in [0, 0.05) is 24.3 Å². The van der Waals surface area contributed by atoms with E-state index in [1.54, 1.807) is 56.4 Å². The van der Waals surface area contributed by atoms with Gasteiger partial charge in [0.05, 0.1) is 27.4 Å². The molecule has 2 aromatic rings. The van der Waals surface area contributed by atoms with Crippen molar-refractivity contribution in [2.24, 2.45) is 4.99 Å². The molecule has 0 radical (unpaired) electrons. The summed E-state index contributed by atoms with van der Waals surface area (Å²) in [5, 5.41) is 2.98. The number of benzene rings is 2. The van der Waals surface area contributed by atoms with Crippen molar-refractivity contribution in [1.82, 2.24) is 5.32 Å².